The van der Waals surface area contributed by atoms with E-state index < -0.39 is 30.3 Å². The minimum Gasteiger partial charge on any atom is -0.452 e. The van der Waals surface area contributed by atoms with Crippen molar-refractivity contribution in [2.75, 3.05) is 16.8 Å². The van der Waals surface area contributed by atoms with E-state index in [-0.39, 0.29) is 22.0 Å². The molecular weight excluding hydrogens is 455 g/mol. The number of amides is 3. The average molecular weight is 469 g/mol. The topological polar surface area (TPSA) is 92.8 Å². The molecule has 9 heteroatoms. The van der Waals surface area contributed by atoms with Crippen molar-refractivity contribution in [1.82, 2.24) is 0 Å². The van der Waals surface area contributed by atoms with Gasteiger partial charge in [0.25, 0.3) is 17.7 Å². The normalized spacial score (nSPS) is 12.5. The van der Waals surface area contributed by atoms with Crippen LogP contribution >= 0.6 is 23.2 Å². The number of imide groups is 1. The third-order valence-electron chi connectivity index (χ3n) is 4.67. The van der Waals surface area contributed by atoms with E-state index in [1.165, 1.54) is 36.4 Å². The zero-order chi connectivity index (χ0) is 22.8. The first-order valence-corrected chi connectivity index (χ1v) is 10.1. The fraction of sp³-hybridized carbons (Fsp3) is 0.0435. The molecule has 0 fully saturated rings. The smallest absolute Gasteiger partial charge is 0.338 e. The lowest BCUT2D eigenvalue weighted by Gasteiger charge is -2.15. The number of carbonyl (C=O) groups excluding carboxylic acids is 4. The zero-order valence-electron chi connectivity index (χ0n) is 16.3. The number of nitrogens with one attached hydrogen (secondary N) is 1. The summed E-state index contributed by atoms with van der Waals surface area (Å²) < 4.78 is 5.05. The molecule has 0 aliphatic carbocycles. The van der Waals surface area contributed by atoms with Crippen LogP contribution in [0.1, 0.15) is 31.1 Å². The summed E-state index contributed by atoms with van der Waals surface area (Å²) in [6.07, 6.45) is 0. The summed E-state index contributed by atoms with van der Waals surface area (Å²) in [4.78, 5) is 50.8. The summed E-state index contributed by atoms with van der Waals surface area (Å²) in [6.45, 7) is -0.571. The Morgan fingerprint density at radius 3 is 2.25 bits per heavy atom. The number of nitrogens with zero attached hydrogens (tertiary/aromatic N) is 1. The Morgan fingerprint density at radius 1 is 0.875 bits per heavy atom. The Kier molecular flexibility index (Phi) is 5.94. The number of halogens is 2. The summed E-state index contributed by atoms with van der Waals surface area (Å²) in [7, 11) is 0. The second-order valence-electron chi connectivity index (χ2n) is 6.79. The van der Waals surface area contributed by atoms with Crippen LogP contribution < -0.4 is 10.2 Å². The van der Waals surface area contributed by atoms with Gasteiger partial charge in [-0.3, -0.25) is 14.4 Å². The highest BCUT2D eigenvalue weighted by Crippen LogP contribution is 2.29. The molecule has 1 aliphatic rings. The molecular formula is C23H14Cl2N2O5. The zero-order valence-corrected chi connectivity index (χ0v) is 17.8. The average Bonchev–Trinajstić information content (AvgIpc) is 3.05. The first-order chi connectivity index (χ1) is 15.3. The lowest BCUT2D eigenvalue weighted by atomic mass is 10.1. The van der Waals surface area contributed by atoms with Crippen molar-refractivity contribution in [2.24, 2.45) is 0 Å². The van der Waals surface area contributed by atoms with Gasteiger partial charge < -0.3 is 10.1 Å². The monoisotopic (exact) mass is 468 g/mol. The molecule has 0 saturated heterocycles. The van der Waals surface area contributed by atoms with Gasteiger partial charge in [0, 0.05) is 5.02 Å². The molecule has 7 nitrogen and oxygen atoms in total. The van der Waals surface area contributed by atoms with E-state index in [1.54, 1.807) is 30.3 Å². The predicted molar refractivity (Wildman–Crippen MR) is 119 cm³/mol. The minimum atomic E-state index is -0.796. The van der Waals surface area contributed by atoms with Crippen molar-refractivity contribution in [3.05, 3.63) is 93.5 Å². The maximum Gasteiger partial charge on any atom is 0.338 e. The summed E-state index contributed by atoms with van der Waals surface area (Å²) in [5.74, 6) is -2.36. The van der Waals surface area contributed by atoms with Crippen molar-refractivity contribution < 1.29 is 23.9 Å². The van der Waals surface area contributed by atoms with Gasteiger partial charge in [0.2, 0.25) is 0 Å². The third-order valence-corrected chi connectivity index (χ3v) is 5.24. The highest BCUT2D eigenvalue weighted by molar-refractivity contribution is 6.36. The molecule has 3 aromatic carbocycles. The highest BCUT2D eigenvalue weighted by atomic mass is 35.5. The minimum absolute atomic E-state index is 0.0765. The standard InChI is InChI=1S/C23H14Cl2N2O5/c24-14-8-9-18(25)19(11-14)26-20(28)12-32-23(31)13-4-3-5-15(10-13)27-21(29)16-6-1-2-7-17(16)22(27)30/h1-11H,12H2,(H,26,28). The number of anilines is 2. The fourth-order valence-electron chi connectivity index (χ4n) is 3.19. The molecule has 0 aromatic heterocycles. The second-order valence-corrected chi connectivity index (χ2v) is 7.63. The number of fused-ring (bicyclic) bond motifs is 1. The van der Waals surface area contributed by atoms with Gasteiger partial charge in [-0.1, -0.05) is 41.4 Å². The number of carbonyl (C=O) groups is 4. The van der Waals surface area contributed by atoms with Crippen molar-refractivity contribution in [1.29, 1.82) is 0 Å². The van der Waals surface area contributed by atoms with Crippen LogP contribution in [0.3, 0.4) is 0 Å². The van der Waals surface area contributed by atoms with E-state index in [9.17, 15) is 19.2 Å². The van der Waals surface area contributed by atoms with Gasteiger partial charge in [-0.05, 0) is 48.5 Å². The van der Waals surface area contributed by atoms with Crippen LogP contribution in [0.25, 0.3) is 0 Å². The molecule has 0 spiro atoms. The summed E-state index contributed by atoms with van der Waals surface area (Å²) in [5.41, 5.74) is 1.17. The van der Waals surface area contributed by atoms with Gasteiger partial charge in [0.1, 0.15) is 0 Å². The summed E-state index contributed by atoms with van der Waals surface area (Å²) in [5, 5.41) is 3.17. The van der Waals surface area contributed by atoms with Crippen molar-refractivity contribution in [3.8, 4) is 0 Å². The largest absolute Gasteiger partial charge is 0.452 e. The van der Waals surface area contributed by atoms with Crippen molar-refractivity contribution in [3.63, 3.8) is 0 Å². The Hall–Kier alpha value is -3.68. The van der Waals surface area contributed by atoms with Crippen LogP contribution in [-0.4, -0.2) is 30.3 Å². The first-order valence-electron chi connectivity index (χ1n) is 9.35. The van der Waals surface area contributed by atoms with Gasteiger partial charge in [0.15, 0.2) is 6.61 Å². The Morgan fingerprint density at radius 2 is 1.56 bits per heavy atom. The Balaban J connectivity index is 1.44. The molecule has 3 amide bonds. The Labute approximate surface area is 192 Å². The molecule has 4 rings (SSSR count). The molecule has 0 atom stereocenters. The molecule has 160 valence electrons. The van der Waals surface area contributed by atoms with Crippen molar-refractivity contribution >= 4 is 58.3 Å². The van der Waals surface area contributed by atoms with Gasteiger partial charge in [-0.15, -0.1) is 0 Å². The van der Waals surface area contributed by atoms with Crippen LogP contribution in [-0.2, 0) is 9.53 Å². The van der Waals surface area contributed by atoms with Crippen LogP contribution in [0.5, 0.6) is 0 Å². The lowest BCUT2D eigenvalue weighted by Crippen LogP contribution is -2.29. The molecule has 0 bridgehead atoms. The predicted octanol–water partition coefficient (Wildman–Crippen LogP) is 4.59. The lowest BCUT2D eigenvalue weighted by molar-refractivity contribution is -0.119. The van der Waals surface area contributed by atoms with Gasteiger partial charge in [-0.2, -0.15) is 0 Å². The number of ether oxygens (including phenoxy) is 1. The van der Waals surface area contributed by atoms with E-state index in [1.807, 2.05) is 0 Å². The van der Waals surface area contributed by atoms with Crippen LogP contribution in [0, 0.1) is 0 Å². The van der Waals surface area contributed by atoms with E-state index in [0.717, 1.165) is 4.90 Å². The first kappa shape index (κ1) is 21.5. The SMILES string of the molecule is O=C(COC(=O)c1cccc(N2C(=O)c3ccccc3C2=O)c1)Nc1cc(Cl)ccc1Cl. The fourth-order valence-corrected chi connectivity index (χ4v) is 3.53. The summed E-state index contributed by atoms with van der Waals surface area (Å²) >= 11 is 11.9. The van der Waals surface area contributed by atoms with E-state index in [2.05, 4.69) is 5.32 Å². The van der Waals surface area contributed by atoms with Crippen molar-refractivity contribution in [2.45, 2.75) is 0 Å². The van der Waals surface area contributed by atoms with E-state index in [0.29, 0.717) is 16.1 Å². The summed E-state index contributed by atoms with van der Waals surface area (Å²) in [6, 6.07) is 16.9. The number of esters is 1. The number of rotatable bonds is 5. The third kappa shape index (κ3) is 4.21. The quantitative estimate of drug-likeness (QED) is 0.436. The number of benzene rings is 3. The van der Waals surface area contributed by atoms with Gasteiger partial charge >= 0.3 is 5.97 Å². The number of hydrogen-bond donors (Lipinski definition) is 1. The van der Waals surface area contributed by atoms with Gasteiger partial charge in [-0.25, -0.2) is 9.69 Å². The van der Waals surface area contributed by atoms with E-state index in [4.69, 9.17) is 27.9 Å². The molecule has 0 radical (unpaired) electrons. The molecule has 1 heterocycles. The second kappa shape index (κ2) is 8.82. The molecule has 1 aliphatic heterocycles. The van der Waals surface area contributed by atoms with Crippen LogP contribution in [0.15, 0.2) is 66.7 Å². The molecule has 1 N–H and O–H groups in total. The Bertz CT molecular complexity index is 1240. The maximum absolute atomic E-state index is 12.6. The molecule has 32 heavy (non-hydrogen) atoms. The number of hydrogen-bond acceptors (Lipinski definition) is 5. The van der Waals surface area contributed by atoms with Crippen LogP contribution in [0.2, 0.25) is 10.0 Å². The van der Waals surface area contributed by atoms with E-state index >= 15 is 0 Å². The molecule has 3 aromatic rings. The van der Waals surface area contributed by atoms with Gasteiger partial charge in [0.05, 0.1) is 33.1 Å². The van der Waals surface area contributed by atoms with Crippen LogP contribution in [0.4, 0.5) is 11.4 Å². The molecule has 0 saturated carbocycles. The molecule has 0 unspecified atom stereocenters. The maximum atomic E-state index is 12.6. The highest BCUT2D eigenvalue weighted by Gasteiger charge is 2.36.